The molecule has 3 aliphatic rings. The first kappa shape index (κ1) is 41.1. The number of nitrogens with one attached hydrogen (secondary N) is 2. The van der Waals surface area contributed by atoms with Gasteiger partial charge in [-0.3, -0.25) is 9.59 Å². The van der Waals surface area contributed by atoms with Crippen LogP contribution in [0.5, 0.6) is 0 Å². The van der Waals surface area contributed by atoms with Gasteiger partial charge in [0.1, 0.15) is 16.6 Å². The second-order valence-corrected chi connectivity index (χ2v) is 16.9. The molecule has 296 valence electrons. The summed E-state index contributed by atoms with van der Waals surface area (Å²) in [5.74, 6) is -7.36. The maximum absolute atomic E-state index is 15.9. The molecule has 2 saturated heterocycles. The lowest BCUT2D eigenvalue weighted by molar-refractivity contribution is -0.173. The highest BCUT2D eigenvalue weighted by atomic mass is 35.5. The number of halogens is 6. The Hall–Kier alpha value is -4.03. The fourth-order valence-corrected chi connectivity index (χ4v) is 8.46. The van der Waals surface area contributed by atoms with Crippen LogP contribution < -0.4 is 20.4 Å². The molecule has 19 heteroatoms. The predicted molar refractivity (Wildman–Crippen MR) is 189 cm³/mol. The number of sulfonamides is 1. The summed E-state index contributed by atoms with van der Waals surface area (Å²) >= 11 is 6.20. The number of carbonyl (C=O) groups excluding carboxylic acids is 3. The largest absolute Gasteiger partial charge is 0.471 e. The first-order valence-corrected chi connectivity index (χ1v) is 19.1. The van der Waals surface area contributed by atoms with Crippen LogP contribution in [-0.4, -0.2) is 86.2 Å². The highest BCUT2D eigenvalue weighted by molar-refractivity contribution is 7.89. The first-order chi connectivity index (χ1) is 25.0. The molecule has 1 aromatic carbocycles. The lowest BCUT2D eigenvalue weighted by Gasteiger charge is -2.36. The van der Waals surface area contributed by atoms with Gasteiger partial charge in [0.15, 0.2) is 0 Å². The van der Waals surface area contributed by atoms with Crippen molar-refractivity contribution in [3.8, 4) is 0 Å². The molecular weight excluding hydrogens is 763 g/mol. The van der Waals surface area contributed by atoms with Crippen molar-refractivity contribution in [2.24, 2.45) is 11.8 Å². The van der Waals surface area contributed by atoms with Gasteiger partial charge in [0.25, 0.3) is 5.92 Å². The van der Waals surface area contributed by atoms with Gasteiger partial charge in [0, 0.05) is 62.0 Å². The Kier molecular flexibility index (Phi) is 11.9. The number of aromatic nitrogens is 1. The van der Waals surface area contributed by atoms with E-state index in [1.807, 2.05) is 0 Å². The molecule has 0 radical (unpaired) electrons. The third kappa shape index (κ3) is 9.60. The topological polar surface area (TPSA) is 141 Å². The van der Waals surface area contributed by atoms with Gasteiger partial charge < -0.3 is 25.2 Å². The first-order valence-electron chi connectivity index (χ1n) is 17.3. The van der Waals surface area contributed by atoms with E-state index in [2.05, 4.69) is 16.9 Å². The molecule has 5 rings (SSSR count). The normalized spacial score (nSPS) is 21.9. The lowest BCUT2D eigenvalue weighted by atomic mass is 9.76. The summed E-state index contributed by atoms with van der Waals surface area (Å²) < 4.78 is 103. The summed E-state index contributed by atoms with van der Waals surface area (Å²) in [5.41, 5.74) is -0.782. The van der Waals surface area contributed by atoms with Crippen LogP contribution in [0, 0.1) is 11.8 Å². The van der Waals surface area contributed by atoms with Crippen LogP contribution in [0.2, 0.25) is 5.15 Å². The summed E-state index contributed by atoms with van der Waals surface area (Å²) in [5, 5.41) is 4.23. The van der Waals surface area contributed by atoms with E-state index in [-0.39, 0.29) is 97.9 Å². The zero-order valence-corrected chi connectivity index (χ0v) is 31.5. The van der Waals surface area contributed by atoms with E-state index in [0.29, 0.717) is 5.69 Å². The number of nitrogens with zero attached hydrogens (tertiary/aromatic N) is 4. The minimum atomic E-state index is -5.09. The fraction of sp³-hybridized carbons (Fsp3) is 0.543. The second kappa shape index (κ2) is 15.6. The molecule has 0 bridgehead atoms. The Labute approximate surface area is 315 Å². The van der Waals surface area contributed by atoms with Crippen LogP contribution in [0.15, 0.2) is 53.6 Å². The van der Waals surface area contributed by atoms with Gasteiger partial charge in [-0.1, -0.05) is 18.2 Å². The Bertz CT molecular complexity index is 1860. The Morgan fingerprint density at radius 1 is 0.963 bits per heavy atom. The molecule has 0 unspecified atom stereocenters. The van der Waals surface area contributed by atoms with E-state index < -0.39 is 57.6 Å². The minimum Gasteiger partial charge on any atom is -0.444 e. The number of ether oxygens (including phenoxy) is 1. The van der Waals surface area contributed by atoms with E-state index in [4.69, 9.17) is 16.3 Å². The molecular formula is C35H42ClF5N6O6S. The molecule has 2 aliphatic heterocycles. The van der Waals surface area contributed by atoms with Gasteiger partial charge in [0.2, 0.25) is 15.9 Å². The molecule has 3 heterocycles. The molecule has 54 heavy (non-hydrogen) atoms. The lowest BCUT2D eigenvalue weighted by Crippen LogP contribution is -2.49. The summed E-state index contributed by atoms with van der Waals surface area (Å²) in [6, 6.07) is 7.63. The van der Waals surface area contributed by atoms with E-state index in [1.54, 1.807) is 31.0 Å². The minimum absolute atomic E-state index is 0.00128. The van der Waals surface area contributed by atoms with Crippen LogP contribution >= 0.6 is 11.6 Å². The molecule has 0 spiro atoms. The number of anilines is 2. The molecule has 2 aromatic rings. The average Bonchev–Trinajstić information content (AvgIpc) is 3.45. The number of amides is 3. The molecule has 1 aliphatic carbocycles. The number of hydrogen-bond acceptors (Lipinski definition) is 8. The fourth-order valence-electron chi connectivity index (χ4n) is 6.83. The Morgan fingerprint density at radius 2 is 1.57 bits per heavy atom. The van der Waals surface area contributed by atoms with Crippen molar-refractivity contribution >= 4 is 51.0 Å². The monoisotopic (exact) mass is 804 g/mol. The standard InChI is InChI=1S/C35H42ClF5N6O6S/c1-21(42-31(49)35(39,40)41)22-5-7-23(8-6-22)34(37,38)24-17-28(36)44-29(18-24)45-13-15-46(16-14-45)54(51,52)27-11-9-26(10-12-27)47-20-25(19-30(47)48)43-32(50)53-33(2,3)4/h9-12,17-18,22-23,25H,1,5-8,13-16,19-20H2,2-4H3,(H,42,49)(H,43,50)/t22?,23?,25-/m1/s1. The number of rotatable bonds is 9. The highest BCUT2D eigenvalue weighted by Gasteiger charge is 2.45. The van der Waals surface area contributed by atoms with Crippen LogP contribution in [0.25, 0.3) is 0 Å². The van der Waals surface area contributed by atoms with Crippen LogP contribution in [-0.2, 0) is 30.3 Å². The van der Waals surface area contributed by atoms with Crippen molar-refractivity contribution in [3.05, 3.63) is 59.4 Å². The van der Waals surface area contributed by atoms with Crippen molar-refractivity contribution < 1.29 is 49.5 Å². The summed E-state index contributed by atoms with van der Waals surface area (Å²) in [4.78, 5) is 43.5. The average molecular weight is 805 g/mol. The van der Waals surface area contributed by atoms with Crippen molar-refractivity contribution in [2.45, 2.75) is 81.5 Å². The van der Waals surface area contributed by atoms with Crippen molar-refractivity contribution in [1.82, 2.24) is 19.9 Å². The molecule has 2 N–H and O–H groups in total. The number of pyridine rings is 1. The smallest absolute Gasteiger partial charge is 0.444 e. The molecule has 3 amide bonds. The van der Waals surface area contributed by atoms with E-state index >= 15 is 8.78 Å². The molecule has 1 saturated carbocycles. The van der Waals surface area contributed by atoms with Crippen molar-refractivity contribution in [3.63, 3.8) is 0 Å². The molecule has 3 fully saturated rings. The van der Waals surface area contributed by atoms with E-state index in [0.717, 1.165) is 6.07 Å². The van der Waals surface area contributed by atoms with E-state index in [9.17, 15) is 36.0 Å². The Morgan fingerprint density at radius 3 is 2.15 bits per heavy atom. The second-order valence-electron chi connectivity index (χ2n) is 14.6. The maximum atomic E-state index is 15.9. The van der Waals surface area contributed by atoms with Crippen LogP contribution in [0.1, 0.15) is 58.4 Å². The molecule has 1 aromatic heterocycles. The number of carbonyl (C=O) groups is 3. The number of allylic oxidation sites excluding steroid dienone is 1. The van der Waals surface area contributed by atoms with Gasteiger partial charge >= 0.3 is 18.2 Å². The maximum Gasteiger partial charge on any atom is 0.471 e. The Balaban J connectivity index is 1.17. The van der Waals surface area contributed by atoms with Gasteiger partial charge in [-0.15, -0.1) is 0 Å². The molecule has 1 atom stereocenters. The highest BCUT2D eigenvalue weighted by Crippen LogP contribution is 2.47. The van der Waals surface area contributed by atoms with E-state index in [1.165, 1.54) is 39.5 Å². The van der Waals surface area contributed by atoms with Gasteiger partial charge in [-0.2, -0.15) is 17.5 Å². The number of benzene rings is 1. The quantitative estimate of drug-likeness (QED) is 0.234. The SMILES string of the molecule is C=C(NC(=O)C(F)(F)F)C1CCC(C(F)(F)c2cc(Cl)nc(N3CCN(S(=O)(=O)c4ccc(N5C[C@H](NC(=O)OC(C)(C)C)CC5=O)cc4)CC3)c2)CC1. The van der Waals surface area contributed by atoms with Crippen LogP contribution in [0.3, 0.4) is 0 Å². The zero-order chi connectivity index (χ0) is 39.8. The molecule has 12 nitrogen and oxygen atoms in total. The third-order valence-corrected chi connectivity index (χ3v) is 11.7. The van der Waals surface area contributed by atoms with Crippen molar-refractivity contribution in [1.29, 1.82) is 0 Å². The van der Waals surface area contributed by atoms with Gasteiger partial charge in [0.05, 0.1) is 10.9 Å². The summed E-state index contributed by atoms with van der Waals surface area (Å²) in [6.45, 7) is 9.16. The van der Waals surface area contributed by atoms with Gasteiger partial charge in [-0.25, -0.2) is 27.0 Å². The number of alkyl carbamates (subject to hydrolysis) is 1. The number of piperazine rings is 1. The third-order valence-electron chi connectivity index (χ3n) is 9.62. The summed E-state index contributed by atoms with van der Waals surface area (Å²) in [6.07, 6.45) is -5.54. The van der Waals surface area contributed by atoms with Gasteiger partial charge in [-0.05, 0) is 88.8 Å². The van der Waals surface area contributed by atoms with Crippen LogP contribution in [0.4, 0.5) is 38.3 Å². The summed E-state index contributed by atoms with van der Waals surface area (Å²) in [7, 11) is -3.97. The number of hydrogen-bond donors (Lipinski definition) is 2. The predicted octanol–water partition coefficient (Wildman–Crippen LogP) is 5.97. The zero-order valence-electron chi connectivity index (χ0n) is 29.9. The number of alkyl halides is 5. The van der Waals surface area contributed by atoms with Crippen molar-refractivity contribution in [2.75, 3.05) is 42.5 Å².